The van der Waals surface area contributed by atoms with Crippen molar-refractivity contribution in [3.05, 3.63) is 11.7 Å². The van der Waals surface area contributed by atoms with E-state index in [1.807, 2.05) is 0 Å². The Bertz CT molecular complexity index is 335. The van der Waals surface area contributed by atoms with Crippen LogP contribution in [0, 0.1) is 11.3 Å². The molecule has 1 N–H and O–H groups in total. The van der Waals surface area contributed by atoms with E-state index in [1.165, 1.54) is 0 Å². The van der Waals surface area contributed by atoms with Crippen molar-refractivity contribution in [3.63, 3.8) is 0 Å². The van der Waals surface area contributed by atoms with E-state index in [1.54, 1.807) is 0 Å². The first-order chi connectivity index (χ1) is 7.00. The molecule has 0 bridgehead atoms. The first-order valence-electron chi connectivity index (χ1n) is 5.44. The van der Waals surface area contributed by atoms with Gasteiger partial charge in [-0.2, -0.15) is 4.98 Å². The van der Waals surface area contributed by atoms with Crippen molar-refractivity contribution < 1.29 is 9.63 Å². The highest BCUT2D eigenvalue weighted by Gasteiger charge is 2.39. The Morgan fingerprint density at radius 2 is 2.07 bits per heavy atom. The van der Waals surface area contributed by atoms with Gasteiger partial charge < -0.3 is 9.63 Å². The lowest BCUT2D eigenvalue weighted by molar-refractivity contribution is 0.110. The number of hydrogen-bond donors (Lipinski definition) is 1. The molecule has 0 aromatic carbocycles. The molecular formula is C11H18N2O2. The molecule has 0 spiro atoms. The molecule has 1 aromatic heterocycles. The van der Waals surface area contributed by atoms with E-state index < -0.39 is 0 Å². The Balaban J connectivity index is 1.94. The summed E-state index contributed by atoms with van der Waals surface area (Å²) in [5.41, 5.74) is 0.375. The average molecular weight is 210 g/mol. The van der Waals surface area contributed by atoms with Crippen molar-refractivity contribution in [2.24, 2.45) is 11.3 Å². The largest absolute Gasteiger partial charge is 0.387 e. The Morgan fingerprint density at radius 1 is 1.40 bits per heavy atom. The van der Waals surface area contributed by atoms with Crippen LogP contribution in [0.4, 0.5) is 0 Å². The zero-order valence-corrected chi connectivity index (χ0v) is 9.53. The molecule has 0 aliphatic heterocycles. The molecule has 1 aromatic rings. The fraction of sp³-hybridized carbons (Fsp3) is 0.818. The first-order valence-corrected chi connectivity index (χ1v) is 5.44. The summed E-state index contributed by atoms with van der Waals surface area (Å²) in [5.74, 6) is 2.26. The van der Waals surface area contributed by atoms with E-state index in [2.05, 4.69) is 30.9 Å². The SMILES string of the molecule is CC(C)(C)C1CC(c2noc(CO)n2)C1. The molecule has 0 unspecified atom stereocenters. The number of nitrogens with zero attached hydrogens (tertiary/aromatic N) is 2. The molecule has 15 heavy (non-hydrogen) atoms. The molecular weight excluding hydrogens is 192 g/mol. The van der Waals surface area contributed by atoms with Gasteiger partial charge in [0.15, 0.2) is 5.82 Å². The molecule has 0 amide bonds. The van der Waals surface area contributed by atoms with Gasteiger partial charge >= 0.3 is 0 Å². The molecule has 4 nitrogen and oxygen atoms in total. The minimum absolute atomic E-state index is 0.164. The smallest absolute Gasteiger partial charge is 0.252 e. The van der Waals surface area contributed by atoms with Crippen LogP contribution in [0.25, 0.3) is 0 Å². The topological polar surface area (TPSA) is 59.2 Å². The maximum Gasteiger partial charge on any atom is 0.252 e. The van der Waals surface area contributed by atoms with Crippen LogP contribution in [0.2, 0.25) is 0 Å². The molecule has 4 heteroatoms. The summed E-state index contributed by atoms with van der Waals surface area (Å²) in [5, 5.41) is 12.7. The fourth-order valence-corrected chi connectivity index (χ4v) is 2.03. The lowest BCUT2D eigenvalue weighted by atomic mass is 9.63. The molecule has 84 valence electrons. The molecule has 1 aliphatic rings. The quantitative estimate of drug-likeness (QED) is 0.812. The van der Waals surface area contributed by atoms with Gasteiger partial charge in [-0.15, -0.1) is 0 Å². The van der Waals surface area contributed by atoms with E-state index in [0.717, 1.165) is 24.6 Å². The van der Waals surface area contributed by atoms with Crippen LogP contribution in [0.3, 0.4) is 0 Å². The summed E-state index contributed by atoms with van der Waals surface area (Å²) in [4.78, 5) is 4.14. The van der Waals surface area contributed by atoms with Crippen molar-refractivity contribution in [3.8, 4) is 0 Å². The molecule has 1 saturated carbocycles. The number of aliphatic hydroxyl groups excluding tert-OH is 1. The molecule has 2 rings (SSSR count). The monoisotopic (exact) mass is 210 g/mol. The predicted octanol–water partition coefficient (Wildman–Crippen LogP) is 2.10. The lowest BCUT2D eigenvalue weighted by Gasteiger charge is -2.42. The van der Waals surface area contributed by atoms with Gasteiger partial charge in [0, 0.05) is 5.92 Å². The van der Waals surface area contributed by atoms with E-state index >= 15 is 0 Å². The fourth-order valence-electron chi connectivity index (χ4n) is 2.03. The van der Waals surface area contributed by atoms with Crippen LogP contribution in [0.1, 0.15) is 51.2 Å². The van der Waals surface area contributed by atoms with Crippen LogP contribution in [0.15, 0.2) is 4.52 Å². The number of rotatable bonds is 2. The first kappa shape index (κ1) is 10.6. The van der Waals surface area contributed by atoms with E-state index in [0.29, 0.717) is 17.2 Å². The van der Waals surface area contributed by atoms with Gasteiger partial charge in [0.05, 0.1) is 0 Å². The number of hydrogen-bond acceptors (Lipinski definition) is 4. The maximum atomic E-state index is 8.81. The van der Waals surface area contributed by atoms with Crippen molar-refractivity contribution in [2.45, 2.75) is 46.1 Å². The lowest BCUT2D eigenvalue weighted by Crippen LogP contribution is -2.33. The van der Waals surface area contributed by atoms with E-state index in [9.17, 15) is 0 Å². The normalized spacial score (nSPS) is 26.4. The van der Waals surface area contributed by atoms with Crippen molar-refractivity contribution >= 4 is 0 Å². The summed E-state index contributed by atoms with van der Waals surface area (Å²) >= 11 is 0. The molecule has 1 fully saturated rings. The number of aromatic nitrogens is 2. The Hall–Kier alpha value is -0.900. The van der Waals surface area contributed by atoms with Gasteiger partial charge in [-0.1, -0.05) is 25.9 Å². The summed E-state index contributed by atoms with van der Waals surface area (Å²) in [6, 6.07) is 0. The van der Waals surface area contributed by atoms with Gasteiger partial charge in [-0.25, -0.2) is 0 Å². The second kappa shape index (κ2) is 3.59. The average Bonchev–Trinajstić information content (AvgIpc) is 2.47. The molecule has 0 atom stereocenters. The Labute approximate surface area is 89.7 Å². The minimum Gasteiger partial charge on any atom is -0.387 e. The van der Waals surface area contributed by atoms with Gasteiger partial charge in [0.25, 0.3) is 5.89 Å². The second-order valence-corrected chi connectivity index (χ2v) is 5.44. The minimum atomic E-state index is -0.164. The summed E-state index contributed by atoms with van der Waals surface area (Å²) < 4.78 is 4.88. The third-order valence-corrected chi connectivity index (χ3v) is 3.35. The maximum absolute atomic E-state index is 8.81. The number of aliphatic hydroxyl groups is 1. The van der Waals surface area contributed by atoms with Gasteiger partial charge in [0.2, 0.25) is 0 Å². The summed E-state index contributed by atoms with van der Waals surface area (Å²) in [7, 11) is 0. The van der Waals surface area contributed by atoms with Gasteiger partial charge in [-0.05, 0) is 24.2 Å². The van der Waals surface area contributed by atoms with Gasteiger partial charge in [0.1, 0.15) is 6.61 Å². The van der Waals surface area contributed by atoms with Crippen LogP contribution in [-0.2, 0) is 6.61 Å². The van der Waals surface area contributed by atoms with E-state index in [4.69, 9.17) is 9.63 Å². The Morgan fingerprint density at radius 3 is 2.53 bits per heavy atom. The van der Waals surface area contributed by atoms with Crippen molar-refractivity contribution in [1.82, 2.24) is 10.1 Å². The third-order valence-electron chi connectivity index (χ3n) is 3.35. The van der Waals surface area contributed by atoms with Crippen LogP contribution >= 0.6 is 0 Å². The highest BCUT2D eigenvalue weighted by atomic mass is 16.5. The van der Waals surface area contributed by atoms with Crippen LogP contribution in [-0.4, -0.2) is 15.2 Å². The van der Waals surface area contributed by atoms with E-state index in [-0.39, 0.29) is 6.61 Å². The highest BCUT2D eigenvalue weighted by molar-refractivity contribution is 5.04. The predicted molar refractivity (Wildman–Crippen MR) is 55.1 cm³/mol. The summed E-state index contributed by atoms with van der Waals surface area (Å²) in [6.07, 6.45) is 2.27. The molecule has 1 heterocycles. The zero-order chi connectivity index (χ0) is 11.1. The molecule has 0 radical (unpaired) electrons. The molecule has 0 saturated heterocycles. The second-order valence-electron chi connectivity index (χ2n) is 5.44. The summed E-state index contributed by atoms with van der Waals surface area (Å²) in [6.45, 7) is 6.64. The Kier molecular flexibility index (Phi) is 2.54. The molecule has 1 aliphatic carbocycles. The third kappa shape index (κ3) is 2.04. The standard InChI is InChI=1S/C11H18N2O2/c1-11(2,3)8-4-7(5-8)10-12-9(6-14)15-13-10/h7-8,14H,4-6H2,1-3H3. The van der Waals surface area contributed by atoms with Gasteiger partial charge in [-0.3, -0.25) is 0 Å². The zero-order valence-electron chi connectivity index (χ0n) is 9.53. The van der Waals surface area contributed by atoms with Crippen LogP contribution < -0.4 is 0 Å². The van der Waals surface area contributed by atoms with Crippen LogP contribution in [0.5, 0.6) is 0 Å². The van der Waals surface area contributed by atoms with Crippen molar-refractivity contribution in [2.75, 3.05) is 0 Å². The highest BCUT2D eigenvalue weighted by Crippen LogP contribution is 2.49. The van der Waals surface area contributed by atoms with Crippen molar-refractivity contribution in [1.29, 1.82) is 0 Å².